The third kappa shape index (κ3) is 2.45. The zero-order chi connectivity index (χ0) is 9.90. The zero-order valence-electron chi connectivity index (χ0n) is 6.51. The molecule has 0 spiro atoms. The molecule has 2 N–H and O–H groups in total. The van der Waals surface area contributed by atoms with Gasteiger partial charge in [-0.25, -0.2) is 0 Å². The van der Waals surface area contributed by atoms with Crippen molar-refractivity contribution in [2.75, 3.05) is 0 Å². The van der Waals surface area contributed by atoms with Gasteiger partial charge in [0.25, 0.3) is 0 Å². The highest BCUT2D eigenvalue weighted by atomic mass is 32.2. The minimum Gasteiger partial charge on any atom is -0.376 e. The Labute approximate surface area is 75.2 Å². The van der Waals surface area contributed by atoms with Crippen molar-refractivity contribution in [3.05, 3.63) is 30.3 Å². The number of carbonyl (C=O) groups excluding carboxylic acids is 1. The molecule has 1 rings (SSSR count). The number of nitrogens with two attached hydrogens (primary N) is 1. The Morgan fingerprint density at radius 1 is 1.23 bits per heavy atom. The second kappa shape index (κ2) is 3.44. The molecule has 5 nitrogen and oxygen atoms in total. The molecule has 0 atom stereocenters. The molecule has 0 aliphatic carbocycles. The summed E-state index contributed by atoms with van der Waals surface area (Å²) in [5.74, 6) is 0.0568. The molecule has 0 heterocycles. The predicted molar refractivity (Wildman–Crippen MR) is 45.6 cm³/mol. The molecule has 13 heavy (non-hydrogen) atoms. The van der Waals surface area contributed by atoms with Crippen molar-refractivity contribution in [2.45, 2.75) is 0 Å². The lowest BCUT2D eigenvalue weighted by Gasteiger charge is -2.01. The molecule has 1 aromatic rings. The van der Waals surface area contributed by atoms with Crippen LogP contribution in [0, 0.1) is 0 Å². The third-order valence-electron chi connectivity index (χ3n) is 1.20. The molecule has 0 fully saturated rings. The molecule has 6 heteroatoms. The van der Waals surface area contributed by atoms with E-state index < -0.39 is 15.4 Å². The molecule has 0 aliphatic rings. The number of hydrogen-bond donors (Lipinski definition) is 1. The summed E-state index contributed by atoms with van der Waals surface area (Å²) < 4.78 is 26.0. The smallest absolute Gasteiger partial charge is 0.376 e. The highest BCUT2D eigenvalue weighted by Crippen LogP contribution is 2.11. The van der Waals surface area contributed by atoms with Crippen LogP contribution in [0.3, 0.4) is 0 Å². The predicted octanol–water partition coefficient (Wildman–Crippen LogP) is 0.474. The van der Waals surface area contributed by atoms with Crippen molar-refractivity contribution in [3.63, 3.8) is 0 Å². The average molecular weight is 201 g/mol. The molecule has 0 unspecified atom stereocenters. The van der Waals surface area contributed by atoms with E-state index in [9.17, 15) is 13.2 Å². The largest absolute Gasteiger partial charge is 0.394 e. The lowest BCUT2D eigenvalue weighted by atomic mass is 10.3. The maximum absolute atomic E-state index is 10.8. The number of para-hydroxylation sites is 1. The molecule has 70 valence electrons. The first-order valence-electron chi connectivity index (χ1n) is 3.31. The van der Waals surface area contributed by atoms with E-state index >= 15 is 0 Å². The van der Waals surface area contributed by atoms with Gasteiger partial charge < -0.3 is 9.92 Å². The molecular weight excluding hydrogens is 194 g/mol. The minimum atomic E-state index is -4.31. The maximum Gasteiger partial charge on any atom is 0.394 e. The summed E-state index contributed by atoms with van der Waals surface area (Å²) in [5, 5.41) is -1.50. The van der Waals surface area contributed by atoms with Crippen LogP contribution >= 0.6 is 0 Å². The van der Waals surface area contributed by atoms with Crippen molar-refractivity contribution in [2.24, 2.45) is 5.73 Å². The Balaban J connectivity index is 2.88. The summed E-state index contributed by atoms with van der Waals surface area (Å²) in [7, 11) is -4.31. The number of benzene rings is 1. The summed E-state index contributed by atoms with van der Waals surface area (Å²) in [6.07, 6.45) is 0. The fourth-order valence-electron chi connectivity index (χ4n) is 0.644. The average Bonchev–Trinajstić information content (AvgIpc) is 2.05. The maximum atomic E-state index is 10.8. The van der Waals surface area contributed by atoms with Crippen molar-refractivity contribution < 1.29 is 17.4 Å². The summed E-state index contributed by atoms with van der Waals surface area (Å²) in [5.41, 5.74) is 4.57. The van der Waals surface area contributed by atoms with Crippen LogP contribution in [-0.4, -0.2) is 13.7 Å². The second-order valence-electron chi connectivity index (χ2n) is 2.17. The molecule has 0 bridgehead atoms. The monoisotopic (exact) mass is 201 g/mol. The number of carbonyl (C=O) groups is 1. The lowest BCUT2D eigenvalue weighted by molar-refractivity contribution is 0.263. The van der Waals surface area contributed by atoms with Crippen LogP contribution in [0.15, 0.2) is 30.3 Å². The Bertz CT molecular complexity index is 398. The van der Waals surface area contributed by atoms with Crippen molar-refractivity contribution in [1.29, 1.82) is 0 Å². The van der Waals surface area contributed by atoms with E-state index in [4.69, 9.17) is 0 Å². The molecule has 1 aromatic carbocycles. The Kier molecular flexibility index (Phi) is 2.52. The summed E-state index contributed by atoms with van der Waals surface area (Å²) >= 11 is 0. The summed E-state index contributed by atoms with van der Waals surface area (Å²) in [4.78, 5) is 10.3. The minimum absolute atomic E-state index is 0.0568. The quantitative estimate of drug-likeness (QED) is 0.705. The summed E-state index contributed by atoms with van der Waals surface area (Å²) in [6, 6.07) is 7.64. The first kappa shape index (κ1) is 9.53. The molecule has 0 aliphatic heterocycles. The molecule has 0 saturated heterocycles. The second-order valence-corrected chi connectivity index (χ2v) is 3.65. The molecule has 0 radical (unpaired) electrons. The highest BCUT2D eigenvalue weighted by Gasteiger charge is 2.20. The standard InChI is InChI=1S/C7H7NO4S/c8-7(9)13(10,11)12-6-4-2-1-3-5-6/h1-5H,(H2,8,9). The molecule has 0 saturated carbocycles. The van der Waals surface area contributed by atoms with E-state index in [2.05, 4.69) is 9.92 Å². The topological polar surface area (TPSA) is 86.5 Å². The number of rotatable bonds is 2. The van der Waals surface area contributed by atoms with E-state index in [1.165, 1.54) is 12.1 Å². The van der Waals surface area contributed by atoms with Crippen LogP contribution < -0.4 is 9.92 Å². The van der Waals surface area contributed by atoms with E-state index in [0.29, 0.717) is 0 Å². The Morgan fingerprint density at radius 3 is 2.23 bits per heavy atom. The lowest BCUT2D eigenvalue weighted by Crippen LogP contribution is -2.26. The highest BCUT2D eigenvalue weighted by molar-refractivity contribution is 8.02. The van der Waals surface area contributed by atoms with Crippen LogP contribution in [0.25, 0.3) is 0 Å². The van der Waals surface area contributed by atoms with E-state index in [1.807, 2.05) is 0 Å². The van der Waals surface area contributed by atoms with Crippen LogP contribution in [0.1, 0.15) is 0 Å². The SMILES string of the molecule is NC(=O)S(=O)(=O)Oc1ccccc1. The van der Waals surface area contributed by atoms with Crippen molar-refractivity contribution in [3.8, 4) is 5.75 Å². The number of primary amides is 1. The van der Waals surface area contributed by atoms with Crippen LogP contribution in [0.4, 0.5) is 4.79 Å². The molecule has 1 amide bonds. The normalized spacial score (nSPS) is 10.8. The van der Waals surface area contributed by atoms with E-state index in [-0.39, 0.29) is 5.75 Å². The van der Waals surface area contributed by atoms with Gasteiger partial charge in [0.2, 0.25) is 0 Å². The fourth-order valence-corrected chi connectivity index (χ4v) is 1.09. The Hall–Kier alpha value is -1.56. The van der Waals surface area contributed by atoms with Gasteiger partial charge in [0.15, 0.2) is 0 Å². The number of hydrogen-bond acceptors (Lipinski definition) is 4. The van der Waals surface area contributed by atoms with Gasteiger partial charge in [-0.3, -0.25) is 4.79 Å². The fraction of sp³-hybridized carbons (Fsp3) is 0. The van der Waals surface area contributed by atoms with Gasteiger partial charge in [-0.05, 0) is 12.1 Å². The molecule has 0 aromatic heterocycles. The van der Waals surface area contributed by atoms with Crippen LogP contribution in [0.5, 0.6) is 5.75 Å². The van der Waals surface area contributed by atoms with Gasteiger partial charge in [0.05, 0.1) is 0 Å². The van der Waals surface area contributed by atoms with E-state index in [0.717, 1.165) is 0 Å². The number of amides is 1. The van der Waals surface area contributed by atoms with Gasteiger partial charge in [0, 0.05) is 0 Å². The van der Waals surface area contributed by atoms with Crippen LogP contribution in [-0.2, 0) is 10.1 Å². The van der Waals surface area contributed by atoms with Crippen molar-refractivity contribution in [1.82, 2.24) is 0 Å². The third-order valence-corrected chi connectivity index (χ3v) is 2.10. The van der Waals surface area contributed by atoms with Gasteiger partial charge in [-0.1, -0.05) is 18.2 Å². The summed E-state index contributed by atoms with van der Waals surface area (Å²) in [6.45, 7) is 0. The zero-order valence-corrected chi connectivity index (χ0v) is 7.32. The van der Waals surface area contributed by atoms with E-state index in [1.54, 1.807) is 18.2 Å². The molecular formula is C7H7NO4S. The van der Waals surface area contributed by atoms with Gasteiger partial charge in [0.1, 0.15) is 5.75 Å². The van der Waals surface area contributed by atoms with Crippen molar-refractivity contribution >= 4 is 15.4 Å². The van der Waals surface area contributed by atoms with Crippen LogP contribution in [0.2, 0.25) is 0 Å². The van der Waals surface area contributed by atoms with Gasteiger partial charge in [-0.2, -0.15) is 8.42 Å². The van der Waals surface area contributed by atoms with Gasteiger partial charge >= 0.3 is 15.4 Å². The Morgan fingerprint density at radius 2 is 1.77 bits per heavy atom. The van der Waals surface area contributed by atoms with Gasteiger partial charge in [-0.15, -0.1) is 0 Å². The first-order chi connectivity index (χ1) is 6.02. The first-order valence-corrected chi connectivity index (χ1v) is 4.72.